The lowest BCUT2D eigenvalue weighted by Crippen LogP contribution is -2.26. The van der Waals surface area contributed by atoms with Crippen LogP contribution < -0.4 is 10.7 Å². The van der Waals surface area contributed by atoms with Gasteiger partial charge in [-0.2, -0.15) is 9.89 Å². The average Bonchev–Trinajstić information content (AvgIpc) is 2.84. The highest BCUT2D eigenvalue weighted by Gasteiger charge is 2.19. The van der Waals surface area contributed by atoms with E-state index < -0.39 is 0 Å². The number of nitrogens with zero attached hydrogens (tertiary/aromatic N) is 3. The van der Waals surface area contributed by atoms with Gasteiger partial charge in [-0.1, -0.05) is 0 Å². The van der Waals surface area contributed by atoms with E-state index in [2.05, 4.69) is 20.8 Å². The third-order valence-corrected chi connectivity index (χ3v) is 2.88. The molecule has 92 valence electrons. The lowest BCUT2D eigenvalue weighted by atomic mass is 10.1. The highest BCUT2D eigenvalue weighted by atomic mass is 16.1. The van der Waals surface area contributed by atoms with Gasteiger partial charge in [0.2, 0.25) is 0 Å². The van der Waals surface area contributed by atoms with Crippen molar-refractivity contribution < 1.29 is 4.79 Å². The molecule has 0 aromatic carbocycles. The van der Waals surface area contributed by atoms with E-state index in [1.54, 1.807) is 35.5 Å². The molecule has 0 fully saturated rings. The number of pyridine rings is 1. The normalized spacial score (nSPS) is 13.6. The first-order chi connectivity index (χ1) is 8.84. The van der Waals surface area contributed by atoms with Gasteiger partial charge >= 0.3 is 0 Å². The molecule has 3 heterocycles. The van der Waals surface area contributed by atoms with Crippen molar-refractivity contribution in [3.63, 3.8) is 0 Å². The topological polar surface area (TPSA) is 71.8 Å². The number of carbonyl (C=O) groups is 1. The van der Waals surface area contributed by atoms with E-state index >= 15 is 0 Å². The van der Waals surface area contributed by atoms with E-state index in [4.69, 9.17) is 0 Å². The molecule has 1 aliphatic rings. The van der Waals surface area contributed by atoms with Gasteiger partial charge in [0.25, 0.3) is 5.91 Å². The number of anilines is 1. The molecule has 0 bridgehead atoms. The Labute approximate surface area is 104 Å². The molecule has 2 aromatic heterocycles. The van der Waals surface area contributed by atoms with Gasteiger partial charge in [0.1, 0.15) is 0 Å². The van der Waals surface area contributed by atoms with Crippen molar-refractivity contribution in [3.8, 4) is 0 Å². The number of fused-ring (bicyclic) bond motifs is 1. The largest absolute Gasteiger partial charge is 0.320 e. The van der Waals surface area contributed by atoms with Gasteiger partial charge in [0, 0.05) is 12.7 Å². The molecule has 1 amide bonds. The summed E-state index contributed by atoms with van der Waals surface area (Å²) in [4.78, 5) is 17.8. The van der Waals surface area contributed by atoms with Gasteiger partial charge in [-0.3, -0.25) is 9.78 Å². The zero-order valence-corrected chi connectivity index (χ0v) is 9.76. The Balaban J connectivity index is 1.83. The van der Waals surface area contributed by atoms with Crippen LogP contribution in [0.15, 0.2) is 30.7 Å². The lowest BCUT2D eigenvalue weighted by molar-refractivity contribution is 0.102. The summed E-state index contributed by atoms with van der Waals surface area (Å²) in [7, 11) is 0. The summed E-state index contributed by atoms with van der Waals surface area (Å²) in [6.45, 7) is 0.887. The van der Waals surface area contributed by atoms with Crippen LogP contribution in [0.25, 0.3) is 0 Å². The number of hydrogen-bond donors (Lipinski definition) is 2. The summed E-state index contributed by atoms with van der Waals surface area (Å²) in [6, 6.07) is 3.59. The quantitative estimate of drug-likeness (QED) is 0.826. The van der Waals surface area contributed by atoms with Gasteiger partial charge in [0.05, 0.1) is 29.3 Å². The number of carbonyl (C=O) groups excluding carboxylic acids is 1. The molecule has 2 aromatic rings. The second-order valence-electron chi connectivity index (χ2n) is 4.12. The Morgan fingerprint density at radius 2 is 2.39 bits per heavy atom. The molecule has 0 saturated carbocycles. The summed E-state index contributed by atoms with van der Waals surface area (Å²) in [5, 5.41) is 6.96. The third kappa shape index (κ3) is 1.92. The van der Waals surface area contributed by atoms with Gasteiger partial charge in [-0.15, -0.1) is 0 Å². The fourth-order valence-electron chi connectivity index (χ4n) is 2.02. The number of rotatable bonds is 2. The van der Waals surface area contributed by atoms with Crippen molar-refractivity contribution in [3.05, 3.63) is 42.0 Å². The van der Waals surface area contributed by atoms with E-state index in [0.29, 0.717) is 11.3 Å². The van der Waals surface area contributed by atoms with E-state index in [1.165, 1.54) is 0 Å². The van der Waals surface area contributed by atoms with E-state index in [-0.39, 0.29) is 5.91 Å². The first kappa shape index (κ1) is 10.8. The highest BCUT2D eigenvalue weighted by Crippen LogP contribution is 2.15. The predicted octanol–water partition coefficient (Wildman–Crippen LogP) is 1.02. The third-order valence-electron chi connectivity index (χ3n) is 2.88. The molecular weight excluding hydrogens is 230 g/mol. The average molecular weight is 243 g/mol. The van der Waals surface area contributed by atoms with Crippen LogP contribution in [0.5, 0.6) is 0 Å². The Morgan fingerprint density at radius 1 is 1.44 bits per heavy atom. The summed E-state index contributed by atoms with van der Waals surface area (Å²) >= 11 is 0. The number of aromatic nitrogens is 3. The second kappa shape index (κ2) is 4.48. The highest BCUT2D eigenvalue weighted by molar-refractivity contribution is 6.04. The molecule has 0 aliphatic carbocycles. The van der Waals surface area contributed by atoms with Crippen LogP contribution in [0.2, 0.25) is 0 Å². The Hall–Kier alpha value is -2.37. The van der Waals surface area contributed by atoms with Gasteiger partial charge < -0.3 is 10.7 Å². The van der Waals surface area contributed by atoms with Crippen molar-refractivity contribution in [1.29, 1.82) is 0 Å². The number of nitrogens with one attached hydrogen (secondary N) is 2. The zero-order chi connectivity index (χ0) is 12.4. The van der Waals surface area contributed by atoms with E-state index in [1.807, 2.05) is 0 Å². The molecule has 0 radical (unpaired) electrons. The monoisotopic (exact) mass is 243 g/mol. The maximum absolute atomic E-state index is 12.1. The first-order valence-corrected chi connectivity index (χ1v) is 5.87. The van der Waals surface area contributed by atoms with Crippen molar-refractivity contribution >= 4 is 11.6 Å². The molecule has 2 N–H and O–H groups in total. The second-order valence-corrected chi connectivity index (χ2v) is 4.12. The molecule has 3 rings (SSSR count). The van der Waals surface area contributed by atoms with Crippen LogP contribution in [0, 0.1) is 0 Å². The van der Waals surface area contributed by atoms with Crippen LogP contribution in [-0.2, 0) is 6.42 Å². The molecule has 6 heteroatoms. The van der Waals surface area contributed by atoms with Crippen LogP contribution >= 0.6 is 0 Å². The standard InChI is InChI=1S/C12H13N5O/c18-12(16-9-3-1-5-13-7-9)10-8-15-17-11(10)4-2-6-14-17/h1,3,5,7-8,14H,2,4,6H2,(H,16,18). The molecule has 6 nitrogen and oxygen atoms in total. The Morgan fingerprint density at radius 3 is 3.22 bits per heavy atom. The fourth-order valence-corrected chi connectivity index (χ4v) is 2.02. The van der Waals surface area contributed by atoms with Crippen molar-refractivity contribution in [1.82, 2.24) is 14.9 Å². The lowest BCUT2D eigenvalue weighted by Gasteiger charge is -2.16. The summed E-state index contributed by atoms with van der Waals surface area (Å²) in [6.07, 6.45) is 6.76. The van der Waals surface area contributed by atoms with Crippen LogP contribution in [-0.4, -0.2) is 27.3 Å². The van der Waals surface area contributed by atoms with Gasteiger partial charge in [-0.25, -0.2) is 0 Å². The van der Waals surface area contributed by atoms with Gasteiger partial charge in [0.15, 0.2) is 0 Å². The minimum absolute atomic E-state index is 0.145. The molecule has 1 aliphatic heterocycles. The zero-order valence-electron chi connectivity index (χ0n) is 9.76. The van der Waals surface area contributed by atoms with Crippen molar-refractivity contribution in [2.75, 3.05) is 17.3 Å². The fraction of sp³-hybridized carbons (Fsp3) is 0.250. The molecule has 0 spiro atoms. The summed E-state index contributed by atoms with van der Waals surface area (Å²) < 4.78 is 0. The van der Waals surface area contributed by atoms with E-state index in [9.17, 15) is 4.79 Å². The minimum Gasteiger partial charge on any atom is -0.320 e. The first-order valence-electron chi connectivity index (χ1n) is 5.87. The van der Waals surface area contributed by atoms with Crippen LogP contribution in [0.3, 0.4) is 0 Å². The van der Waals surface area contributed by atoms with Gasteiger partial charge in [-0.05, 0) is 25.0 Å². The summed E-state index contributed by atoms with van der Waals surface area (Å²) in [5.41, 5.74) is 5.35. The molecule has 18 heavy (non-hydrogen) atoms. The molecule has 0 atom stereocenters. The molecule has 0 saturated heterocycles. The van der Waals surface area contributed by atoms with Crippen LogP contribution in [0.1, 0.15) is 22.5 Å². The van der Waals surface area contributed by atoms with Crippen molar-refractivity contribution in [2.24, 2.45) is 0 Å². The van der Waals surface area contributed by atoms with E-state index in [0.717, 1.165) is 25.1 Å². The Kier molecular flexibility index (Phi) is 2.68. The SMILES string of the molecule is O=C(Nc1cccnc1)c1cnn2c1CCCN2. The summed E-state index contributed by atoms with van der Waals surface area (Å²) in [5.74, 6) is -0.145. The minimum atomic E-state index is -0.145. The maximum atomic E-state index is 12.1. The predicted molar refractivity (Wildman–Crippen MR) is 67.0 cm³/mol. The maximum Gasteiger partial charge on any atom is 0.259 e. The molecular formula is C12H13N5O. The van der Waals surface area contributed by atoms with Crippen molar-refractivity contribution in [2.45, 2.75) is 12.8 Å². The number of amides is 1. The Bertz CT molecular complexity index is 563. The smallest absolute Gasteiger partial charge is 0.259 e. The molecule has 0 unspecified atom stereocenters. The number of hydrogen-bond acceptors (Lipinski definition) is 4. The van der Waals surface area contributed by atoms with Crippen LogP contribution in [0.4, 0.5) is 5.69 Å².